The van der Waals surface area contributed by atoms with E-state index in [-0.39, 0.29) is 17.7 Å². The van der Waals surface area contributed by atoms with E-state index < -0.39 is 0 Å². The Morgan fingerprint density at radius 3 is 2.38 bits per heavy atom. The highest BCUT2D eigenvalue weighted by atomic mass is 16.2. The number of fused-ring (bicyclic) bond motifs is 1. The van der Waals surface area contributed by atoms with Crippen LogP contribution >= 0.6 is 0 Å². The number of nitrogens with zero attached hydrogens (tertiary/aromatic N) is 2. The van der Waals surface area contributed by atoms with Gasteiger partial charge in [-0.3, -0.25) is 9.59 Å². The van der Waals surface area contributed by atoms with Gasteiger partial charge in [0.15, 0.2) is 0 Å². The summed E-state index contributed by atoms with van der Waals surface area (Å²) in [7, 11) is 0. The molecule has 4 rings (SSSR count). The van der Waals surface area contributed by atoms with Crippen molar-refractivity contribution in [3.8, 4) is 0 Å². The number of benzene rings is 1. The average molecular weight is 326 g/mol. The van der Waals surface area contributed by atoms with Gasteiger partial charge in [-0.15, -0.1) is 0 Å². The molecular weight excluding hydrogens is 300 g/mol. The molecule has 1 saturated carbocycles. The number of likely N-dealkylation sites (tertiary alicyclic amines) is 1. The summed E-state index contributed by atoms with van der Waals surface area (Å²) in [5.74, 6) is 0.938. The van der Waals surface area contributed by atoms with Crippen molar-refractivity contribution in [2.45, 2.75) is 45.4 Å². The Morgan fingerprint density at radius 2 is 1.67 bits per heavy atom. The van der Waals surface area contributed by atoms with Crippen LogP contribution < -0.4 is 4.90 Å². The molecule has 0 N–H and O–H groups in total. The summed E-state index contributed by atoms with van der Waals surface area (Å²) < 4.78 is 0. The predicted octanol–water partition coefficient (Wildman–Crippen LogP) is 2.92. The van der Waals surface area contributed by atoms with Gasteiger partial charge in [0.2, 0.25) is 11.8 Å². The fourth-order valence-corrected chi connectivity index (χ4v) is 4.11. The molecule has 0 unspecified atom stereocenters. The Morgan fingerprint density at radius 1 is 0.958 bits per heavy atom. The minimum absolute atomic E-state index is 0.0699. The Balaban J connectivity index is 1.43. The molecule has 1 saturated heterocycles. The van der Waals surface area contributed by atoms with Crippen molar-refractivity contribution >= 4 is 17.5 Å². The topological polar surface area (TPSA) is 40.6 Å². The van der Waals surface area contributed by atoms with E-state index in [1.54, 1.807) is 0 Å². The molecule has 0 radical (unpaired) electrons. The molecule has 0 spiro atoms. The number of hydrogen-bond acceptors (Lipinski definition) is 2. The van der Waals surface area contributed by atoms with Crippen LogP contribution in [0.3, 0.4) is 0 Å². The molecule has 0 aromatic heterocycles. The Labute approximate surface area is 143 Å². The molecule has 4 heteroatoms. The molecule has 4 nitrogen and oxygen atoms in total. The first-order valence-corrected chi connectivity index (χ1v) is 9.33. The van der Waals surface area contributed by atoms with E-state index in [1.807, 2.05) is 9.80 Å². The quantitative estimate of drug-likeness (QED) is 0.838. The van der Waals surface area contributed by atoms with E-state index in [4.69, 9.17) is 0 Å². The van der Waals surface area contributed by atoms with E-state index >= 15 is 0 Å². The van der Waals surface area contributed by atoms with Crippen molar-refractivity contribution in [2.75, 3.05) is 24.5 Å². The van der Waals surface area contributed by atoms with Crippen LogP contribution in [0.15, 0.2) is 18.2 Å². The number of aryl methyl sites for hydroxylation is 2. The molecule has 128 valence electrons. The van der Waals surface area contributed by atoms with Crippen molar-refractivity contribution in [3.05, 3.63) is 29.3 Å². The Hall–Kier alpha value is -1.84. The second-order valence-corrected chi connectivity index (χ2v) is 7.60. The summed E-state index contributed by atoms with van der Waals surface area (Å²) in [5, 5.41) is 0. The smallest absolute Gasteiger partial charge is 0.230 e. The molecule has 2 fully saturated rings. The summed E-state index contributed by atoms with van der Waals surface area (Å²) in [6, 6.07) is 6.42. The summed E-state index contributed by atoms with van der Waals surface area (Å²) in [5.41, 5.74) is 3.67. The largest absolute Gasteiger partial charge is 0.342 e. The van der Waals surface area contributed by atoms with Gasteiger partial charge in [-0.2, -0.15) is 0 Å². The van der Waals surface area contributed by atoms with Gasteiger partial charge in [-0.1, -0.05) is 17.7 Å². The lowest BCUT2D eigenvalue weighted by Gasteiger charge is -2.36. The summed E-state index contributed by atoms with van der Waals surface area (Å²) >= 11 is 0. The highest BCUT2D eigenvalue weighted by molar-refractivity contribution is 5.96. The van der Waals surface area contributed by atoms with E-state index in [0.29, 0.717) is 5.91 Å². The van der Waals surface area contributed by atoms with E-state index in [0.717, 1.165) is 63.8 Å². The lowest BCUT2D eigenvalue weighted by atomic mass is 9.92. The summed E-state index contributed by atoms with van der Waals surface area (Å²) in [6.07, 6.45) is 5.85. The van der Waals surface area contributed by atoms with E-state index in [2.05, 4.69) is 25.1 Å². The third kappa shape index (κ3) is 2.94. The monoisotopic (exact) mass is 326 g/mol. The van der Waals surface area contributed by atoms with Crippen LogP contribution in [0.1, 0.15) is 43.2 Å². The third-order valence-electron chi connectivity index (χ3n) is 5.70. The van der Waals surface area contributed by atoms with Gasteiger partial charge in [0, 0.05) is 37.2 Å². The first kappa shape index (κ1) is 15.7. The zero-order valence-electron chi connectivity index (χ0n) is 14.5. The maximum Gasteiger partial charge on any atom is 0.230 e. The van der Waals surface area contributed by atoms with Crippen LogP contribution in [0.25, 0.3) is 0 Å². The fraction of sp³-hybridized carbons (Fsp3) is 0.600. The zero-order chi connectivity index (χ0) is 16.7. The second kappa shape index (κ2) is 6.23. The number of hydrogen-bond donors (Lipinski definition) is 0. The van der Waals surface area contributed by atoms with Gasteiger partial charge >= 0.3 is 0 Å². The summed E-state index contributed by atoms with van der Waals surface area (Å²) in [6.45, 7) is 4.43. The van der Waals surface area contributed by atoms with Crippen molar-refractivity contribution in [3.63, 3.8) is 0 Å². The third-order valence-corrected chi connectivity index (χ3v) is 5.70. The maximum absolute atomic E-state index is 13.0. The minimum Gasteiger partial charge on any atom is -0.342 e. The molecule has 2 heterocycles. The minimum atomic E-state index is 0.0699. The molecule has 24 heavy (non-hydrogen) atoms. The standard InChI is InChI=1S/C20H26N2O2/c1-14-4-7-18-17(13-14)3-2-10-22(18)20(24)16-8-11-21(12-9-16)19(23)15-5-6-15/h4,7,13,15-16H,2-3,5-6,8-12H2,1H3. The van der Waals surface area contributed by atoms with Crippen LogP contribution in [-0.4, -0.2) is 36.3 Å². The van der Waals surface area contributed by atoms with Crippen molar-refractivity contribution in [2.24, 2.45) is 11.8 Å². The maximum atomic E-state index is 13.0. The zero-order valence-corrected chi connectivity index (χ0v) is 14.5. The second-order valence-electron chi connectivity index (χ2n) is 7.60. The average Bonchev–Trinajstić information content (AvgIpc) is 3.45. The van der Waals surface area contributed by atoms with Crippen molar-refractivity contribution in [1.82, 2.24) is 4.90 Å². The van der Waals surface area contributed by atoms with Gasteiger partial charge < -0.3 is 9.80 Å². The molecule has 2 aliphatic heterocycles. The fourth-order valence-electron chi connectivity index (χ4n) is 4.11. The summed E-state index contributed by atoms with van der Waals surface area (Å²) in [4.78, 5) is 29.2. The van der Waals surface area contributed by atoms with Crippen molar-refractivity contribution < 1.29 is 9.59 Å². The molecule has 1 aromatic carbocycles. The number of rotatable bonds is 2. The molecule has 1 aromatic rings. The van der Waals surface area contributed by atoms with E-state index in [9.17, 15) is 9.59 Å². The van der Waals surface area contributed by atoms with Gasteiger partial charge in [-0.25, -0.2) is 0 Å². The lowest BCUT2D eigenvalue weighted by molar-refractivity contribution is -0.136. The highest BCUT2D eigenvalue weighted by Gasteiger charge is 2.37. The van der Waals surface area contributed by atoms with Crippen LogP contribution in [-0.2, 0) is 16.0 Å². The molecule has 2 amide bonds. The van der Waals surface area contributed by atoms with Crippen LogP contribution in [0.5, 0.6) is 0 Å². The number of anilines is 1. The van der Waals surface area contributed by atoms with Gasteiger partial charge in [0.05, 0.1) is 0 Å². The Kier molecular flexibility index (Phi) is 4.07. The van der Waals surface area contributed by atoms with Crippen molar-refractivity contribution in [1.29, 1.82) is 0 Å². The SMILES string of the molecule is Cc1ccc2c(c1)CCCN2C(=O)C1CCN(C(=O)C2CC2)CC1. The predicted molar refractivity (Wildman–Crippen MR) is 93.9 cm³/mol. The van der Waals surface area contributed by atoms with Crippen LogP contribution in [0, 0.1) is 18.8 Å². The number of piperidine rings is 1. The van der Waals surface area contributed by atoms with Crippen LogP contribution in [0.2, 0.25) is 0 Å². The Bertz CT molecular complexity index is 658. The molecule has 3 aliphatic rings. The van der Waals surface area contributed by atoms with Gasteiger partial charge in [-0.05, 0) is 57.1 Å². The van der Waals surface area contributed by atoms with Gasteiger partial charge in [0.1, 0.15) is 0 Å². The first-order chi connectivity index (χ1) is 11.6. The number of carbonyl (C=O) groups excluding carboxylic acids is 2. The lowest BCUT2D eigenvalue weighted by Crippen LogP contribution is -2.46. The molecular formula is C20H26N2O2. The number of amides is 2. The molecule has 1 aliphatic carbocycles. The molecule has 0 atom stereocenters. The molecule has 0 bridgehead atoms. The normalized spacial score (nSPS) is 21.5. The van der Waals surface area contributed by atoms with E-state index in [1.165, 1.54) is 11.1 Å². The first-order valence-electron chi connectivity index (χ1n) is 9.33. The number of carbonyl (C=O) groups is 2. The van der Waals surface area contributed by atoms with Crippen LogP contribution in [0.4, 0.5) is 5.69 Å². The highest BCUT2D eigenvalue weighted by Crippen LogP contribution is 2.34. The van der Waals surface area contributed by atoms with Gasteiger partial charge in [0.25, 0.3) is 0 Å².